The molecule has 3 heterocycles. The van der Waals surface area contributed by atoms with Gasteiger partial charge in [0.05, 0.1) is 19.3 Å². The van der Waals surface area contributed by atoms with E-state index in [1.807, 2.05) is 28.9 Å². The highest BCUT2D eigenvalue weighted by molar-refractivity contribution is 5.75. The van der Waals surface area contributed by atoms with Gasteiger partial charge in [-0.3, -0.25) is 0 Å². The molecule has 2 aliphatic rings. The number of hydrogen-bond acceptors (Lipinski definition) is 4. The SMILES string of the molecule is Cc1ccc(OCC2Cc3cc(F)ccc3CN2C(=O)N2CCOCC2)nc1. The van der Waals surface area contributed by atoms with Crippen molar-refractivity contribution >= 4 is 6.03 Å². The number of nitrogens with zero attached hydrogens (tertiary/aromatic N) is 3. The lowest BCUT2D eigenvalue weighted by atomic mass is 9.94. The summed E-state index contributed by atoms with van der Waals surface area (Å²) in [7, 11) is 0. The van der Waals surface area contributed by atoms with Gasteiger partial charge in [-0.2, -0.15) is 0 Å². The molecule has 1 unspecified atom stereocenters. The molecule has 0 saturated carbocycles. The second-order valence-electron chi connectivity index (χ2n) is 7.27. The molecule has 1 aromatic heterocycles. The molecule has 2 aromatic rings. The van der Waals surface area contributed by atoms with Crippen LogP contribution < -0.4 is 4.74 Å². The topological polar surface area (TPSA) is 54.9 Å². The number of hydrogen-bond donors (Lipinski definition) is 0. The summed E-state index contributed by atoms with van der Waals surface area (Å²) in [5.41, 5.74) is 2.96. The highest BCUT2D eigenvalue weighted by Gasteiger charge is 2.33. The molecule has 1 atom stereocenters. The van der Waals surface area contributed by atoms with Crippen molar-refractivity contribution in [2.45, 2.75) is 25.9 Å². The molecule has 1 saturated heterocycles. The minimum Gasteiger partial charge on any atom is -0.475 e. The van der Waals surface area contributed by atoms with Gasteiger partial charge in [0.1, 0.15) is 12.4 Å². The Kier molecular flexibility index (Phi) is 5.43. The number of pyridine rings is 1. The number of amides is 2. The van der Waals surface area contributed by atoms with Gasteiger partial charge in [-0.05, 0) is 42.2 Å². The maximum absolute atomic E-state index is 13.7. The lowest BCUT2D eigenvalue weighted by molar-refractivity contribution is 0.0330. The molecule has 0 spiro atoms. The fourth-order valence-electron chi connectivity index (χ4n) is 3.65. The molecule has 2 aliphatic heterocycles. The first-order valence-corrected chi connectivity index (χ1v) is 9.56. The standard InChI is InChI=1S/C21H24FN3O3/c1-15-2-5-20(23-12-15)28-14-19-11-17-10-18(22)4-3-16(17)13-25(19)21(26)24-6-8-27-9-7-24/h2-5,10,12,19H,6-9,11,13-14H2,1H3. The van der Waals surface area contributed by atoms with Gasteiger partial charge in [-0.25, -0.2) is 14.2 Å². The molecule has 1 fully saturated rings. The van der Waals surface area contributed by atoms with Gasteiger partial charge in [0.2, 0.25) is 5.88 Å². The van der Waals surface area contributed by atoms with E-state index in [0.29, 0.717) is 51.8 Å². The number of carbonyl (C=O) groups excluding carboxylic acids is 1. The van der Waals surface area contributed by atoms with E-state index in [9.17, 15) is 9.18 Å². The number of urea groups is 1. The first-order valence-electron chi connectivity index (χ1n) is 9.56. The summed E-state index contributed by atoms with van der Waals surface area (Å²) in [4.78, 5) is 21.1. The van der Waals surface area contributed by atoms with Gasteiger partial charge in [0.15, 0.2) is 0 Å². The minimum absolute atomic E-state index is 0.0243. The van der Waals surface area contributed by atoms with Crippen LogP contribution in [0, 0.1) is 12.7 Å². The number of fused-ring (bicyclic) bond motifs is 1. The van der Waals surface area contributed by atoms with Crippen molar-refractivity contribution in [3.63, 3.8) is 0 Å². The molecule has 2 amide bonds. The lowest BCUT2D eigenvalue weighted by Gasteiger charge is -2.40. The summed E-state index contributed by atoms with van der Waals surface area (Å²) >= 11 is 0. The molecule has 0 aliphatic carbocycles. The zero-order valence-corrected chi connectivity index (χ0v) is 15.9. The van der Waals surface area contributed by atoms with E-state index in [4.69, 9.17) is 9.47 Å². The highest BCUT2D eigenvalue weighted by Crippen LogP contribution is 2.26. The molecule has 0 bridgehead atoms. The van der Waals surface area contributed by atoms with Crippen molar-refractivity contribution in [1.29, 1.82) is 0 Å². The molecule has 28 heavy (non-hydrogen) atoms. The Hall–Kier alpha value is -2.67. The molecule has 148 valence electrons. The van der Waals surface area contributed by atoms with E-state index >= 15 is 0 Å². The monoisotopic (exact) mass is 385 g/mol. The number of aromatic nitrogens is 1. The normalized spacial score (nSPS) is 19.3. The Balaban J connectivity index is 1.53. The van der Waals surface area contributed by atoms with Crippen molar-refractivity contribution in [3.8, 4) is 5.88 Å². The molecule has 1 aromatic carbocycles. The lowest BCUT2D eigenvalue weighted by Crippen LogP contribution is -2.54. The summed E-state index contributed by atoms with van der Waals surface area (Å²) in [6, 6.07) is 8.32. The smallest absolute Gasteiger partial charge is 0.320 e. The van der Waals surface area contributed by atoms with Crippen molar-refractivity contribution in [1.82, 2.24) is 14.8 Å². The van der Waals surface area contributed by atoms with E-state index in [1.54, 1.807) is 18.3 Å². The minimum atomic E-state index is -0.258. The van der Waals surface area contributed by atoms with Gasteiger partial charge >= 0.3 is 6.03 Å². The summed E-state index contributed by atoms with van der Waals surface area (Å²) in [5.74, 6) is 0.265. The van der Waals surface area contributed by atoms with Gasteiger partial charge < -0.3 is 19.3 Å². The molecular formula is C21H24FN3O3. The second-order valence-corrected chi connectivity index (χ2v) is 7.27. The first-order chi connectivity index (χ1) is 13.6. The van der Waals surface area contributed by atoms with Crippen LogP contribution in [0.4, 0.5) is 9.18 Å². The van der Waals surface area contributed by atoms with Crippen molar-refractivity contribution in [3.05, 3.63) is 59.0 Å². The van der Waals surface area contributed by atoms with Crippen LogP contribution in [-0.4, -0.2) is 59.8 Å². The van der Waals surface area contributed by atoms with Crippen molar-refractivity contribution in [2.24, 2.45) is 0 Å². The number of morpholine rings is 1. The summed E-state index contributed by atoms with van der Waals surface area (Å²) in [5, 5.41) is 0. The molecule has 0 N–H and O–H groups in total. The van der Waals surface area contributed by atoms with Crippen LogP contribution in [0.5, 0.6) is 5.88 Å². The van der Waals surface area contributed by atoms with Crippen LogP contribution in [0.2, 0.25) is 0 Å². The molecular weight excluding hydrogens is 361 g/mol. The van der Waals surface area contributed by atoms with E-state index in [0.717, 1.165) is 16.7 Å². The summed E-state index contributed by atoms with van der Waals surface area (Å²) in [6.07, 6.45) is 2.30. The number of aryl methyl sites for hydroxylation is 1. The Morgan fingerprint density at radius 1 is 1.25 bits per heavy atom. The maximum Gasteiger partial charge on any atom is 0.320 e. The third-order valence-corrected chi connectivity index (χ3v) is 5.24. The van der Waals surface area contributed by atoms with Crippen LogP contribution in [-0.2, 0) is 17.7 Å². The van der Waals surface area contributed by atoms with Gasteiger partial charge in [-0.1, -0.05) is 12.1 Å². The van der Waals surface area contributed by atoms with Gasteiger partial charge in [0, 0.05) is 31.9 Å². The highest BCUT2D eigenvalue weighted by atomic mass is 19.1. The third kappa shape index (κ3) is 4.09. The average Bonchev–Trinajstić information content (AvgIpc) is 2.73. The van der Waals surface area contributed by atoms with Gasteiger partial charge in [0.25, 0.3) is 0 Å². The fourth-order valence-corrected chi connectivity index (χ4v) is 3.65. The van der Waals surface area contributed by atoms with E-state index in [1.165, 1.54) is 6.07 Å². The zero-order chi connectivity index (χ0) is 19.5. The number of ether oxygens (including phenoxy) is 2. The summed E-state index contributed by atoms with van der Waals surface area (Å²) in [6.45, 7) is 4.98. The van der Waals surface area contributed by atoms with E-state index in [2.05, 4.69) is 4.98 Å². The van der Waals surface area contributed by atoms with E-state index < -0.39 is 0 Å². The number of rotatable bonds is 3. The predicted octanol–water partition coefficient (Wildman–Crippen LogP) is 2.79. The molecule has 0 radical (unpaired) electrons. The number of benzene rings is 1. The molecule has 7 heteroatoms. The molecule has 4 rings (SSSR count). The van der Waals surface area contributed by atoms with Crippen LogP contribution in [0.25, 0.3) is 0 Å². The van der Waals surface area contributed by atoms with Gasteiger partial charge in [-0.15, -0.1) is 0 Å². The van der Waals surface area contributed by atoms with E-state index in [-0.39, 0.29) is 17.9 Å². The second kappa shape index (κ2) is 8.14. The Labute approximate surface area is 163 Å². The largest absolute Gasteiger partial charge is 0.475 e. The van der Waals surface area contributed by atoms with Crippen LogP contribution in [0.15, 0.2) is 36.5 Å². The average molecular weight is 385 g/mol. The maximum atomic E-state index is 13.7. The zero-order valence-electron chi connectivity index (χ0n) is 15.9. The Bertz CT molecular complexity index is 837. The number of carbonyl (C=O) groups is 1. The van der Waals surface area contributed by atoms with Crippen molar-refractivity contribution < 1.29 is 18.7 Å². The Morgan fingerprint density at radius 2 is 2.07 bits per heavy atom. The van der Waals surface area contributed by atoms with Crippen LogP contribution in [0.1, 0.15) is 16.7 Å². The predicted molar refractivity (Wildman–Crippen MR) is 102 cm³/mol. The quantitative estimate of drug-likeness (QED) is 0.815. The first kappa shape index (κ1) is 18.7. The third-order valence-electron chi connectivity index (χ3n) is 5.24. The summed E-state index contributed by atoms with van der Waals surface area (Å²) < 4.78 is 24.9. The van der Waals surface area contributed by atoms with Crippen LogP contribution >= 0.6 is 0 Å². The van der Waals surface area contributed by atoms with Crippen molar-refractivity contribution in [2.75, 3.05) is 32.9 Å². The van der Waals surface area contributed by atoms with Crippen LogP contribution in [0.3, 0.4) is 0 Å². The fraction of sp³-hybridized carbons (Fsp3) is 0.429. The molecule has 6 nitrogen and oxygen atoms in total. The number of halogens is 1. The Morgan fingerprint density at radius 3 is 2.82 bits per heavy atom.